The van der Waals surface area contributed by atoms with Crippen LogP contribution in [0.1, 0.15) is 0 Å². The quantitative estimate of drug-likeness (QED) is 0.201. The van der Waals surface area contributed by atoms with Crippen molar-refractivity contribution in [3.63, 3.8) is 0 Å². The molecule has 0 saturated heterocycles. The molecular formula is C12H25NO7PS2+. The number of carbonyl (C=O) groups excluding carboxylic acids is 2. The van der Waals surface area contributed by atoms with Crippen LogP contribution in [0.2, 0.25) is 0 Å². The molecule has 2 atom stereocenters. The number of ether oxygens (including phenoxy) is 2. The zero-order valence-electron chi connectivity index (χ0n) is 13.5. The molecule has 8 nitrogen and oxygen atoms in total. The number of hydrogen-bond donors (Lipinski definition) is 3. The van der Waals surface area contributed by atoms with Gasteiger partial charge >= 0.3 is 19.5 Å². The van der Waals surface area contributed by atoms with Gasteiger partial charge in [-0.1, -0.05) is 0 Å². The van der Waals surface area contributed by atoms with Crippen LogP contribution in [0.15, 0.2) is 0 Å². The maximum atomic E-state index is 12.0. The standard InChI is InChI=1S/C12H24NO7PS2/c1-13(2,3)4-5-21(16,17)19-7-10(20-12(15)9-23)6-18-11(14)8-22/h10H,4-9H2,1-3H3,(H2-,16,17,22,23)/p+1. The molecule has 0 radical (unpaired) electrons. The maximum Gasteiger partial charge on any atom is 0.333 e. The monoisotopic (exact) mass is 390 g/mol. The van der Waals surface area contributed by atoms with Gasteiger partial charge in [0.05, 0.1) is 52.0 Å². The number of esters is 2. The largest absolute Gasteiger partial charge is 0.461 e. The second kappa shape index (κ2) is 10.6. The van der Waals surface area contributed by atoms with Gasteiger partial charge in [-0.2, -0.15) is 25.3 Å². The molecule has 23 heavy (non-hydrogen) atoms. The molecule has 0 amide bonds. The Morgan fingerprint density at radius 3 is 2.17 bits per heavy atom. The lowest BCUT2D eigenvalue weighted by molar-refractivity contribution is -0.867. The summed E-state index contributed by atoms with van der Waals surface area (Å²) in [7, 11) is 1.82. The summed E-state index contributed by atoms with van der Waals surface area (Å²) in [6.07, 6.45) is -1.02. The fraction of sp³-hybridized carbons (Fsp3) is 0.833. The molecule has 0 aliphatic carbocycles. The van der Waals surface area contributed by atoms with Crippen LogP contribution in [-0.2, 0) is 28.2 Å². The lowest BCUT2D eigenvalue weighted by Crippen LogP contribution is -2.37. The van der Waals surface area contributed by atoms with Crippen LogP contribution in [-0.4, -0.2) is 86.0 Å². The molecule has 0 aromatic rings. The van der Waals surface area contributed by atoms with Gasteiger partial charge in [0.1, 0.15) is 6.61 Å². The molecule has 0 rings (SSSR count). The molecular weight excluding hydrogens is 365 g/mol. The van der Waals surface area contributed by atoms with E-state index in [0.29, 0.717) is 11.0 Å². The van der Waals surface area contributed by atoms with Crippen LogP contribution in [0.4, 0.5) is 0 Å². The number of carbonyl (C=O) groups is 2. The van der Waals surface area contributed by atoms with E-state index < -0.39 is 25.6 Å². The van der Waals surface area contributed by atoms with Crippen LogP contribution in [0.25, 0.3) is 0 Å². The third kappa shape index (κ3) is 12.8. The Morgan fingerprint density at radius 1 is 1.13 bits per heavy atom. The molecule has 11 heteroatoms. The van der Waals surface area contributed by atoms with Crippen molar-refractivity contribution < 1.29 is 37.5 Å². The first-order valence-electron chi connectivity index (χ1n) is 6.82. The van der Waals surface area contributed by atoms with Crippen molar-refractivity contribution in [2.24, 2.45) is 0 Å². The molecule has 136 valence electrons. The van der Waals surface area contributed by atoms with Crippen molar-refractivity contribution in [3.8, 4) is 0 Å². The lowest BCUT2D eigenvalue weighted by atomic mass is 10.4. The minimum absolute atomic E-state index is 0.0415. The van der Waals surface area contributed by atoms with Crippen molar-refractivity contribution in [3.05, 3.63) is 0 Å². The minimum atomic E-state index is -3.83. The molecule has 0 fully saturated rings. The molecule has 0 bridgehead atoms. The molecule has 0 aliphatic rings. The number of hydrogen-bond acceptors (Lipinski definition) is 8. The van der Waals surface area contributed by atoms with E-state index in [1.807, 2.05) is 21.1 Å². The van der Waals surface area contributed by atoms with Gasteiger partial charge in [0.25, 0.3) is 0 Å². The predicted octanol–water partition coefficient (Wildman–Crippen LogP) is 0.209. The molecule has 1 N–H and O–H groups in total. The van der Waals surface area contributed by atoms with E-state index in [-0.39, 0.29) is 30.9 Å². The van der Waals surface area contributed by atoms with Crippen LogP contribution in [0.3, 0.4) is 0 Å². The normalized spacial score (nSPS) is 15.6. The molecule has 2 unspecified atom stereocenters. The van der Waals surface area contributed by atoms with Gasteiger partial charge < -0.3 is 23.4 Å². The minimum Gasteiger partial charge on any atom is -0.461 e. The summed E-state index contributed by atoms with van der Waals surface area (Å²) in [6.45, 7) is -0.206. The summed E-state index contributed by atoms with van der Waals surface area (Å²) in [5, 5.41) is 0. The van der Waals surface area contributed by atoms with Crippen molar-refractivity contribution in [2.45, 2.75) is 6.10 Å². The summed E-state index contributed by atoms with van der Waals surface area (Å²) >= 11 is 7.51. The van der Waals surface area contributed by atoms with E-state index in [4.69, 9.17) is 14.0 Å². The molecule has 0 aliphatic heterocycles. The fourth-order valence-corrected chi connectivity index (χ4v) is 2.81. The third-order valence-corrected chi connectivity index (χ3v) is 4.34. The SMILES string of the molecule is C[N+](C)(C)CCP(=O)(O)OCC(COC(=O)CS)OC(=O)CS. The highest BCUT2D eigenvalue weighted by atomic mass is 32.1. The number of thiol groups is 2. The highest BCUT2D eigenvalue weighted by Crippen LogP contribution is 2.41. The van der Waals surface area contributed by atoms with E-state index in [1.165, 1.54) is 0 Å². The van der Waals surface area contributed by atoms with Crippen LogP contribution < -0.4 is 0 Å². The van der Waals surface area contributed by atoms with E-state index in [9.17, 15) is 19.0 Å². The smallest absolute Gasteiger partial charge is 0.333 e. The second-order valence-electron chi connectivity index (χ2n) is 5.78. The van der Waals surface area contributed by atoms with E-state index >= 15 is 0 Å². The summed E-state index contributed by atoms with van der Waals surface area (Å²) in [5.74, 6) is -1.55. The van der Waals surface area contributed by atoms with Crippen molar-refractivity contribution in [1.29, 1.82) is 0 Å². The Morgan fingerprint density at radius 2 is 1.70 bits per heavy atom. The first-order chi connectivity index (χ1) is 10.5. The molecule has 0 aromatic heterocycles. The molecule has 0 spiro atoms. The summed E-state index contributed by atoms with van der Waals surface area (Å²) in [6, 6.07) is 0. The van der Waals surface area contributed by atoms with Crippen LogP contribution in [0.5, 0.6) is 0 Å². The highest BCUT2D eigenvalue weighted by Gasteiger charge is 2.26. The van der Waals surface area contributed by atoms with Gasteiger partial charge in [-0.25, -0.2) is 0 Å². The van der Waals surface area contributed by atoms with Gasteiger partial charge in [-0.15, -0.1) is 0 Å². The zero-order chi connectivity index (χ0) is 18.1. The average Bonchev–Trinajstić information content (AvgIpc) is 2.46. The van der Waals surface area contributed by atoms with E-state index in [1.54, 1.807) is 0 Å². The van der Waals surface area contributed by atoms with E-state index in [0.717, 1.165) is 0 Å². The number of rotatable bonds is 11. The Balaban J connectivity index is 4.53. The van der Waals surface area contributed by atoms with Crippen LogP contribution in [0, 0.1) is 0 Å². The number of nitrogens with zero attached hydrogens (tertiary/aromatic N) is 1. The van der Waals surface area contributed by atoms with Crippen molar-refractivity contribution in [2.75, 3.05) is 58.6 Å². The van der Waals surface area contributed by atoms with Gasteiger partial charge in [-0.05, 0) is 0 Å². The predicted molar refractivity (Wildman–Crippen MR) is 92.1 cm³/mol. The third-order valence-electron chi connectivity index (χ3n) is 2.50. The van der Waals surface area contributed by atoms with Crippen molar-refractivity contribution >= 4 is 44.8 Å². The topological polar surface area (TPSA) is 99.1 Å². The van der Waals surface area contributed by atoms with Gasteiger partial charge in [0, 0.05) is 0 Å². The number of quaternary nitrogens is 1. The summed E-state index contributed by atoms with van der Waals surface area (Å²) < 4.78 is 27.2. The van der Waals surface area contributed by atoms with Crippen molar-refractivity contribution in [1.82, 2.24) is 0 Å². The lowest BCUT2D eigenvalue weighted by Gasteiger charge is -2.25. The van der Waals surface area contributed by atoms with Gasteiger partial charge in [0.15, 0.2) is 6.10 Å². The van der Waals surface area contributed by atoms with Crippen LogP contribution >= 0.6 is 32.9 Å². The summed E-state index contributed by atoms with van der Waals surface area (Å²) in [5.41, 5.74) is 0. The van der Waals surface area contributed by atoms with Gasteiger partial charge in [-0.3, -0.25) is 14.2 Å². The molecule has 0 aromatic carbocycles. The Labute approximate surface area is 147 Å². The molecule has 0 heterocycles. The zero-order valence-corrected chi connectivity index (χ0v) is 16.2. The van der Waals surface area contributed by atoms with Gasteiger partial charge in [0.2, 0.25) is 0 Å². The maximum absolute atomic E-state index is 12.0. The Bertz CT molecular complexity index is 442. The highest BCUT2D eigenvalue weighted by molar-refractivity contribution is 7.81. The first kappa shape index (κ1) is 22.8. The first-order valence-corrected chi connectivity index (χ1v) is 9.85. The summed E-state index contributed by atoms with van der Waals surface area (Å²) in [4.78, 5) is 32.1. The van der Waals surface area contributed by atoms with E-state index in [2.05, 4.69) is 25.3 Å². The average molecular weight is 390 g/mol. The Kier molecular flexibility index (Phi) is 10.5. The molecule has 0 saturated carbocycles. The second-order valence-corrected chi connectivity index (χ2v) is 8.39. The fourth-order valence-electron chi connectivity index (χ4n) is 1.26. The Hall–Kier alpha value is -0.250.